The van der Waals surface area contributed by atoms with Crippen molar-refractivity contribution in [2.24, 2.45) is 11.8 Å². The van der Waals surface area contributed by atoms with E-state index in [1.807, 2.05) is 26.0 Å². The van der Waals surface area contributed by atoms with Crippen LogP contribution in [0.1, 0.15) is 26.0 Å². The third-order valence-corrected chi connectivity index (χ3v) is 5.37. The third-order valence-electron chi connectivity index (χ3n) is 5.37. The summed E-state index contributed by atoms with van der Waals surface area (Å²) in [6.45, 7) is 7.18. The quantitative estimate of drug-likeness (QED) is 0.569. The second-order valence-corrected chi connectivity index (χ2v) is 7.68. The number of aromatic nitrogens is 1. The second-order valence-electron chi connectivity index (χ2n) is 7.68. The van der Waals surface area contributed by atoms with Gasteiger partial charge in [0.05, 0.1) is 30.6 Å². The van der Waals surface area contributed by atoms with Gasteiger partial charge >= 0.3 is 0 Å². The summed E-state index contributed by atoms with van der Waals surface area (Å²) in [7, 11) is 0. The molecule has 1 N–H and O–H groups in total. The van der Waals surface area contributed by atoms with Gasteiger partial charge in [-0.05, 0) is 27.2 Å². The average molecular weight is 375 g/mol. The summed E-state index contributed by atoms with van der Waals surface area (Å²) in [5.41, 5.74) is -0.753. The summed E-state index contributed by atoms with van der Waals surface area (Å²) in [6.07, 6.45) is 4.37. The zero-order chi connectivity index (χ0) is 19.2. The maximum absolute atomic E-state index is 13.1. The number of aryl methyl sites for hydroxylation is 1. The van der Waals surface area contributed by atoms with E-state index in [9.17, 15) is 9.59 Å². The van der Waals surface area contributed by atoms with Crippen molar-refractivity contribution in [3.8, 4) is 0 Å². The van der Waals surface area contributed by atoms with E-state index in [4.69, 9.17) is 14.0 Å². The molecule has 0 aromatic carbocycles. The molecule has 3 aliphatic heterocycles. The zero-order valence-electron chi connectivity index (χ0n) is 15.8. The molecule has 4 heterocycles. The molecule has 1 aromatic heterocycles. The molecule has 2 saturated heterocycles. The highest BCUT2D eigenvalue weighted by molar-refractivity contribution is 6.02. The van der Waals surface area contributed by atoms with E-state index in [0.29, 0.717) is 31.3 Å². The minimum absolute atomic E-state index is 0.140. The molecular formula is C19H25N3O5. The molecule has 0 saturated carbocycles. The molecule has 2 fully saturated rings. The highest BCUT2D eigenvalue weighted by Crippen LogP contribution is 2.52. The van der Waals surface area contributed by atoms with Crippen LogP contribution in [-0.4, -0.2) is 54.5 Å². The molecule has 8 nitrogen and oxygen atoms in total. The summed E-state index contributed by atoms with van der Waals surface area (Å²) < 4.78 is 16.7. The lowest BCUT2D eigenvalue weighted by atomic mass is 9.77. The first kappa shape index (κ1) is 18.2. The Morgan fingerprint density at radius 1 is 1.52 bits per heavy atom. The Morgan fingerprint density at radius 2 is 2.33 bits per heavy atom. The SMILES string of the molecule is Cc1cc(N2C[C@]34C=C[C@@H](O3)[C@@H](C(=O)NCCCOC(C)C)[C@H]4C2=O)no1. The Balaban J connectivity index is 1.44. The van der Waals surface area contributed by atoms with E-state index in [0.717, 1.165) is 6.42 Å². The van der Waals surface area contributed by atoms with Crippen molar-refractivity contribution in [3.05, 3.63) is 24.0 Å². The Bertz CT molecular complexity index is 773. The van der Waals surface area contributed by atoms with Gasteiger partial charge in [0.25, 0.3) is 0 Å². The van der Waals surface area contributed by atoms with Crippen LogP contribution in [0.25, 0.3) is 0 Å². The largest absolute Gasteiger partial charge is 0.379 e. The van der Waals surface area contributed by atoms with Gasteiger partial charge in [-0.25, -0.2) is 0 Å². The van der Waals surface area contributed by atoms with E-state index >= 15 is 0 Å². The summed E-state index contributed by atoms with van der Waals surface area (Å²) in [4.78, 5) is 27.4. The van der Waals surface area contributed by atoms with Crippen molar-refractivity contribution in [1.82, 2.24) is 10.5 Å². The van der Waals surface area contributed by atoms with Gasteiger partial charge in [0.1, 0.15) is 11.4 Å². The Labute approximate surface area is 157 Å². The Morgan fingerprint density at radius 3 is 3.04 bits per heavy atom. The fourth-order valence-corrected chi connectivity index (χ4v) is 4.19. The zero-order valence-corrected chi connectivity index (χ0v) is 15.8. The minimum Gasteiger partial charge on any atom is -0.379 e. The van der Waals surface area contributed by atoms with Crippen LogP contribution in [0.5, 0.6) is 0 Å². The number of anilines is 1. The van der Waals surface area contributed by atoms with Gasteiger partial charge in [0.15, 0.2) is 5.82 Å². The first-order chi connectivity index (χ1) is 12.9. The lowest BCUT2D eigenvalue weighted by Gasteiger charge is -2.23. The van der Waals surface area contributed by atoms with E-state index in [1.54, 1.807) is 17.9 Å². The molecule has 4 atom stereocenters. The lowest BCUT2D eigenvalue weighted by molar-refractivity contribution is -0.132. The molecule has 8 heteroatoms. The average Bonchev–Trinajstić information content (AvgIpc) is 3.35. The van der Waals surface area contributed by atoms with E-state index in [-0.39, 0.29) is 24.0 Å². The number of hydrogen-bond donors (Lipinski definition) is 1. The van der Waals surface area contributed by atoms with E-state index in [2.05, 4.69) is 10.5 Å². The smallest absolute Gasteiger partial charge is 0.235 e. The van der Waals surface area contributed by atoms with Gasteiger partial charge in [-0.2, -0.15) is 0 Å². The van der Waals surface area contributed by atoms with Crippen LogP contribution < -0.4 is 10.2 Å². The molecule has 0 radical (unpaired) electrons. The van der Waals surface area contributed by atoms with Gasteiger partial charge in [0, 0.05) is 19.2 Å². The number of nitrogens with one attached hydrogen (secondary N) is 1. The maximum atomic E-state index is 13.1. The van der Waals surface area contributed by atoms with Crippen molar-refractivity contribution in [2.45, 2.75) is 45.0 Å². The van der Waals surface area contributed by atoms with Crippen LogP contribution in [0, 0.1) is 18.8 Å². The summed E-state index contributed by atoms with van der Waals surface area (Å²) in [5.74, 6) is -0.244. The molecule has 2 amide bonds. The second kappa shape index (κ2) is 6.76. The molecule has 3 aliphatic rings. The predicted molar refractivity (Wildman–Crippen MR) is 96.0 cm³/mol. The van der Waals surface area contributed by atoms with Crippen LogP contribution in [0.2, 0.25) is 0 Å². The summed E-state index contributed by atoms with van der Waals surface area (Å²) in [6, 6.07) is 1.72. The number of hydrogen-bond acceptors (Lipinski definition) is 6. The van der Waals surface area contributed by atoms with E-state index < -0.39 is 17.4 Å². The van der Waals surface area contributed by atoms with Crippen LogP contribution in [0.15, 0.2) is 22.7 Å². The number of carbonyl (C=O) groups is 2. The summed E-state index contributed by atoms with van der Waals surface area (Å²) in [5, 5.41) is 6.88. The topological polar surface area (TPSA) is 93.9 Å². The first-order valence-electron chi connectivity index (χ1n) is 9.42. The van der Waals surface area contributed by atoms with Crippen molar-refractivity contribution in [1.29, 1.82) is 0 Å². The number of ether oxygens (including phenoxy) is 2. The van der Waals surface area contributed by atoms with Gasteiger partial charge in [-0.3, -0.25) is 14.5 Å². The highest BCUT2D eigenvalue weighted by Gasteiger charge is 2.67. The van der Waals surface area contributed by atoms with Crippen LogP contribution >= 0.6 is 0 Å². The van der Waals surface area contributed by atoms with Crippen LogP contribution in [0.3, 0.4) is 0 Å². The normalized spacial score (nSPS) is 31.2. The molecule has 4 rings (SSSR count). The Kier molecular flexibility index (Phi) is 4.55. The molecular weight excluding hydrogens is 350 g/mol. The molecule has 146 valence electrons. The molecule has 2 bridgehead atoms. The van der Waals surface area contributed by atoms with Crippen molar-refractivity contribution < 1.29 is 23.6 Å². The molecule has 0 aliphatic carbocycles. The lowest BCUT2D eigenvalue weighted by Crippen LogP contribution is -2.44. The molecule has 1 spiro atoms. The number of carbonyl (C=O) groups excluding carboxylic acids is 2. The van der Waals surface area contributed by atoms with Crippen molar-refractivity contribution in [2.75, 3.05) is 24.6 Å². The fraction of sp³-hybridized carbons (Fsp3) is 0.632. The van der Waals surface area contributed by atoms with Gasteiger partial charge in [-0.15, -0.1) is 0 Å². The van der Waals surface area contributed by atoms with E-state index in [1.165, 1.54) is 0 Å². The van der Waals surface area contributed by atoms with Crippen LogP contribution in [-0.2, 0) is 19.1 Å². The van der Waals surface area contributed by atoms with Gasteiger partial charge in [0.2, 0.25) is 11.8 Å². The standard InChI is InChI=1S/C19H25N3O5/c1-11(2)25-8-4-7-20-17(23)15-13-5-6-19(26-13)10-22(18(24)16(15)19)14-9-12(3)27-21-14/h5-6,9,11,13,15-16H,4,7-8,10H2,1-3H3,(H,20,23)/t13-,15-,16+,19+/m1/s1. The predicted octanol–water partition coefficient (Wildman–Crippen LogP) is 1.20. The number of nitrogens with zero attached hydrogens (tertiary/aromatic N) is 2. The van der Waals surface area contributed by atoms with Gasteiger partial charge in [-0.1, -0.05) is 17.3 Å². The first-order valence-corrected chi connectivity index (χ1v) is 9.42. The Hall–Kier alpha value is -2.19. The fourth-order valence-electron chi connectivity index (χ4n) is 4.19. The number of rotatable bonds is 7. The minimum atomic E-state index is -0.753. The number of amides is 2. The third kappa shape index (κ3) is 3.06. The van der Waals surface area contributed by atoms with Crippen LogP contribution in [0.4, 0.5) is 5.82 Å². The molecule has 27 heavy (non-hydrogen) atoms. The van der Waals surface area contributed by atoms with Crippen molar-refractivity contribution >= 4 is 17.6 Å². The maximum Gasteiger partial charge on any atom is 0.235 e. The monoisotopic (exact) mass is 375 g/mol. The molecule has 1 aromatic rings. The number of fused-ring (bicyclic) bond motifs is 1. The highest BCUT2D eigenvalue weighted by atomic mass is 16.5. The molecule has 0 unspecified atom stereocenters. The van der Waals surface area contributed by atoms with Crippen molar-refractivity contribution in [3.63, 3.8) is 0 Å². The van der Waals surface area contributed by atoms with Gasteiger partial charge < -0.3 is 19.3 Å². The summed E-state index contributed by atoms with van der Waals surface area (Å²) >= 11 is 0.